The fraction of sp³-hybridized carbons (Fsp3) is 0.579. The summed E-state index contributed by atoms with van der Waals surface area (Å²) in [4.78, 5) is 34.3. The average molecular weight is 429 g/mol. The van der Waals surface area contributed by atoms with Gasteiger partial charge in [-0.3, -0.25) is 13.9 Å². The van der Waals surface area contributed by atoms with Gasteiger partial charge in [0, 0.05) is 0 Å². The molecule has 10 heteroatoms. The Morgan fingerprint density at radius 3 is 2.34 bits per heavy atom. The molecule has 1 rings (SSSR count). The molecule has 1 unspecified atom stereocenters. The Morgan fingerprint density at radius 2 is 1.83 bits per heavy atom. The number of hydrogen-bond donors (Lipinski definition) is 5. The minimum Gasteiger partial charge on any atom is -0.479 e. The van der Waals surface area contributed by atoms with Crippen LogP contribution in [0.3, 0.4) is 0 Å². The molecule has 9 nitrogen and oxygen atoms in total. The number of benzene rings is 1. The monoisotopic (exact) mass is 429 g/mol. The van der Waals surface area contributed by atoms with Crippen LogP contribution < -0.4 is 16.8 Å². The molecule has 0 aliphatic rings. The van der Waals surface area contributed by atoms with Gasteiger partial charge in [-0.1, -0.05) is 44.2 Å². The van der Waals surface area contributed by atoms with E-state index in [0.717, 1.165) is 5.56 Å². The van der Waals surface area contributed by atoms with Gasteiger partial charge >= 0.3 is 13.6 Å². The van der Waals surface area contributed by atoms with E-state index in [1.54, 1.807) is 13.8 Å². The molecule has 1 aromatic rings. The van der Waals surface area contributed by atoms with Gasteiger partial charge in [0.15, 0.2) is 6.10 Å². The summed E-state index contributed by atoms with van der Waals surface area (Å²) < 4.78 is 17.9. The zero-order chi connectivity index (χ0) is 22.0. The van der Waals surface area contributed by atoms with Gasteiger partial charge in [0.05, 0.1) is 6.04 Å². The number of nitrogens with one attached hydrogen (secondary N) is 1. The zero-order valence-corrected chi connectivity index (χ0v) is 17.8. The number of amides is 1. The molecule has 1 amide bonds. The van der Waals surface area contributed by atoms with Crippen molar-refractivity contribution in [1.82, 2.24) is 5.32 Å². The Balaban J connectivity index is 2.83. The number of carboxylic acid groups (broad SMARTS) is 1. The van der Waals surface area contributed by atoms with Gasteiger partial charge in [-0.25, -0.2) is 4.79 Å². The highest BCUT2D eigenvalue weighted by atomic mass is 31.2. The second kappa shape index (κ2) is 12.0. The first kappa shape index (κ1) is 25.3. The van der Waals surface area contributed by atoms with E-state index in [1.807, 2.05) is 30.3 Å². The van der Waals surface area contributed by atoms with Crippen LogP contribution in [0.1, 0.15) is 38.7 Å². The maximum absolute atomic E-state index is 12.8. The highest BCUT2D eigenvalue weighted by molar-refractivity contribution is 7.53. The van der Waals surface area contributed by atoms with Crippen molar-refractivity contribution in [3.63, 3.8) is 0 Å². The number of carboxylic acids is 1. The third-order valence-electron chi connectivity index (χ3n) is 4.38. The van der Waals surface area contributed by atoms with Crippen molar-refractivity contribution in [2.45, 2.75) is 57.5 Å². The van der Waals surface area contributed by atoms with Crippen molar-refractivity contribution in [1.29, 1.82) is 0 Å². The summed E-state index contributed by atoms with van der Waals surface area (Å²) in [5, 5.41) is 11.8. The molecule has 0 fully saturated rings. The maximum Gasteiger partial charge on any atom is 0.351 e. The van der Waals surface area contributed by atoms with Gasteiger partial charge in [-0.05, 0) is 43.7 Å². The Morgan fingerprint density at radius 1 is 1.21 bits per heavy atom. The van der Waals surface area contributed by atoms with E-state index in [2.05, 4.69) is 5.32 Å². The van der Waals surface area contributed by atoms with Crippen molar-refractivity contribution >= 4 is 19.5 Å². The van der Waals surface area contributed by atoms with Gasteiger partial charge in [-0.2, -0.15) is 0 Å². The first-order valence-corrected chi connectivity index (χ1v) is 11.3. The lowest BCUT2D eigenvalue weighted by atomic mass is 10.1. The fourth-order valence-electron chi connectivity index (χ4n) is 2.78. The Kier molecular flexibility index (Phi) is 10.5. The number of nitrogens with two attached hydrogens (primary N) is 2. The van der Waals surface area contributed by atoms with Crippen LogP contribution in [-0.4, -0.2) is 46.3 Å². The topological polar surface area (TPSA) is 165 Å². The molecule has 29 heavy (non-hydrogen) atoms. The van der Waals surface area contributed by atoms with E-state index in [-0.39, 0.29) is 12.8 Å². The summed E-state index contributed by atoms with van der Waals surface area (Å²) in [6.45, 7) is 3.64. The van der Waals surface area contributed by atoms with Crippen molar-refractivity contribution in [2.75, 3.05) is 6.54 Å². The smallest absolute Gasteiger partial charge is 0.351 e. The van der Waals surface area contributed by atoms with E-state index in [1.165, 1.54) is 0 Å². The SMILES string of the molecule is CC(C)[C@H](NC(=O)[C@@H](N)Cc1ccccc1)P(=O)(O)O[C@H](CCCCN)C(=O)O. The Hall–Kier alpha value is -1.77. The van der Waals surface area contributed by atoms with Gasteiger partial charge in [-0.15, -0.1) is 0 Å². The molecule has 0 saturated carbocycles. The standard InChI is InChI=1S/C19H32N3O6P/c1-13(2)18(22-17(23)15(21)12-14-8-4-3-5-9-14)29(26,27)28-16(19(24)25)10-6-7-11-20/h3-5,8-9,13,15-16,18H,6-7,10-12,20-21H2,1-2H3,(H,22,23)(H,24,25)(H,26,27)/t15-,16+,18+/m0/s1. The van der Waals surface area contributed by atoms with Crippen molar-refractivity contribution in [3.05, 3.63) is 35.9 Å². The van der Waals surface area contributed by atoms with Crippen LogP contribution in [0, 0.1) is 5.92 Å². The van der Waals surface area contributed by atoms with Crippen molar-refractivity contribution < 1.29 is 28.7 Å². The minimum atomic E-state index is -4.49. The largest absolute Gasteiger partial charge is 0.479 e. The highest BCUT2D eigenvalue weighted by Gasteiger charge is 2.40. The molecule has 0 aliphatic heterocycles. The number of hydrogen-bond acceptors (Lipinski definition) is 6. The Bertz CT molecular complexity index is 700. The molecule has 0 saturated heterocycles. The summed E-state index contributed by atoms with van der Waals surface area (Å²) in [5.41, 5.74) is 12.2. The zero-order valence-electron chi connectivity index (χ0n) is 16.9. The third-order valence-corrected chi connectivity index (χ3v) is 6.37. The number of unbranched alkanes of at least 4 members (excludes halogenated alkanes) is 1. The molecule has 7 N–H and O–H groups in total. The lowest BCUT2D eigenvalue weighted by Crippen LogP contribution is -2.48. The molecular weight excluding hydrogens is 397 g/mol. The number of carbonyl (C=O) groups excluding carboxylic acids is 1. The van der Waals surface area contributed by atoms with Crippen molar-refractivity contribution in [2.24, 2.45) is 17.4 Å². The summed E-state index contributed by atoms with van der Waals surface area (Å²) in [5.74, 6) is -3.73. The van der Waals surface area contributed by atoms with Crippen molar-refractivity contribution in [3.8, 4) is 0 Å². The molecule has 1 aromatic carbocycles. The molecule has 0 bridgehead atoms. The Labute approximate surface area is 171 Å². The quantitative estimate of drug-likeness (QED) is 0.232. The molecular formula is C19H32N3O6P. The predicted molar refractivity (Wildman–Crippen MR) is 110 cm³/mol. The molecule has 164 valence electrons. The second-order valence-electron chi connectivity index (χ2n) is 7.27. The molecule has 0 aromatic heterocycles. The van der Waals surface area contributed by atoms with Crippen LogP contribution >= 0.6 is 7.60 Å². The van der Waals surface area contributed by atoms with Crippen LogP contribution in [0.2, 0.25) is 0 Å². The van der Waals surface area contributed by atoms with E-state index in [0.29, 0.717) is 19.4 Å². The summed E-state index contributed by atoms with van der Waals surface area (Å²) in [6.07, 6.45) is -0.155. The van der Waals surface area contributed by atoms with E-state index < -0.39 is 43.3 Å². The maximum atomic E-state index is 12.8. The number of carbonyl (C=O) groups is 2. The summed E-state index contributed by atoms with van der Waals surface area (Å²) in [6, 6.07) is 8.21. The summed E-state index contributed by atoms with van der Waals surface area (Å²) in [7, 11) is -4.49. The van der Waals surface area contributed by atoms with E-state index >= 15 is 0 Å². The van der Waals surface area contributed by atoms with Crippen LogP contribution in [0.5, 0.6) is 0 Å². The van der Waals surface area contributed by atoms with Crippen LogP contribution in [0.15, 0.2) is 30.3 Å². The molecule has 0 aliphatic carbocycles. The van der Waals surface area contributed by atoms with Gasteiger partial charge in [0.1, 0.15) is 5.78 Å². The molecule has 4 atom stereocenters. The van der Waals surface area contributed by atoms with E-state index in [9.17, 15) is 24.2 Å². The molecule has 0 heterocycles. The summed E-state index contributed by atoms with van der Waals surface area (Å²) >= 11 is 0. The van der Waals surface area contributed by atoms with Crippen LogP contribution in [0.25, 0.3) is 0 Å². The normalized spacial score (nSPS) is 16.6. The first-order chi connectivity index (χ1) is 13.6. The van der Waals surface area contributed by atoms with Gasteiger partial charge in [0.25, 0.3) is 0 Å². The van der Waals surface area contributed by atoms with E-state index in [4.69, 9.17) is 16.0 Å². The first-order valence-electron chi connectivity index (χ1n) is 9.62. The van der Waals surface area contributed by atoms with Gasteiger partial charge in [0.2, 0.25) is 5.91 Å². The number of aliphatic carboxylic acids is 1. The third kappa shape index (κ3) is 8.64. The molecule has 0 spiro atoms. The lowest BCUT2D eigenvalue weighted by Gasteiger charge is -2.29. The second-order valence-corrected chi connectivity index (χ2v) is 9.17. The minimum absolute atomic E-state index is 0.0450. The predicted octanol–water partition coefficient (Wildman–Crippen LogP) is 1.44. The average Bonchev–Trinajstić information content (AvgIpc) is 2.65. The van der Waals surface area contributed by atoms with Crippen LogP contribution in [0.4, 0.5) is 0 Å². The fourth-order valence-corrected chi connectivity index (χ4v) is 4.52. The van der Waals surface area contributed by atoms with Crippen LogP contribution in [-0.2, 0) is 25.1 Å². The number of rotatable bonds is 13. The lowest BCUT2D eigenvalue weighted by molar-refractivity contribution is -0.145. The molecule has 0 radical (unpaired) electrons. The van der Waals surface area contributed by atoms with Gasteiger partial charge < -0.3 is 26.8 Å². The highest BCUT2D eigenvalue weighted by Crippen LogP contribution is 2.50.